The lowest BCUT2D eigenvalue weighted by Gasteiger charge is -2.13. The summed E-state index contributed by atoms with van der Waals surface area (Å²) >= 11 is 0. The number of sulfonamides is 1. The zero-order chi connectivity index (χ0) is 20.3. The van der Waals surface area contributed by atoms with Gasteiger partial charge < -0.3 is 14.0 Å². The molecule has 0 aliphatic heterocycles. The number of para-hydroxylation sites is 1. The molecule has 0 radical (unpaired) electrons. The van der Waals surface area contributed by atoms with Gasteiger partial charge in [0.25, 0.3) is 0 Å². The number of benzene rings is 2. The quantitative estimate of drug-likeness (QED) is 0.651. The van der Waals surface area contributed by atoms with Gasteiger partial charge in [-0.05, 0) is 38.1 Å². The van der Waals surface area contributed by atoms with E-state index in [4.69, 9.17) is 14.0 Å². The minimum absolute atomic E-state index is 0.0239. The first-order valence-electron chi connectivity index (χ1n) is 8.60. The Labute approximate surface area is 164 Å². The van der Waals surface area contributed by atoms with Crippen molar-refractivity contribution in [1.29, 1.82) is 0 Å². The highest BCUT2D eigenvalue weighted by molar-refractivity contribution is 7.89. The molecule has 0 bridgehead atoms. The number of rotatable bonds is 7. The molecule has 0 unspecified atom stereocenters. The number of hydrogen-bond acceptors (Lipinski definition) is 6. The average Bonchev–Trinajstić information content (AvgIpc) is 3.04. The molecule has 0 atom stereocenters. The Morgan fingerprint density at radius 2 is 1.75 bits per heavy atom. The molecule has 7 nitrogen and oxygen atoms in total. The highest BCUT2D eigenvalue weighted by Crippen LogP contribution is 2.32. The molecule has 148 valence electrons. The van der Waals surface area contributed by atoms with Crippen LogP contribution in [0.4, 0.5) is 0 Å². The molecule has 28 heavy (non-hydrogen) atoms. The van der Waals surface area contributed by atoms with Gasteiger partial charge in [0.1, 0.15) is 16.4 Å². The van der Waals surface area contributed by atoms with Crippen molar-refractivity contribution in [2.45, 2.75) is 25.3 Å². The molecular weight excluding hydrogens is 380 g/mol. The summed E-state index contributed by atoms with van der Waals surface area (Å²) in [5.74, 6) is 1.38. The van der Waals surface area contributed by atoms with Crippen LogP contribution in [0.5, 0.6) is 11.5 Å². The van der Waals surface area contributed by atoms with Crippen LogP contribution in [0, 0.1) is 13.8 Å². The van der Waals surface area contributed by atoms with Crippen molar-refractivity contribution < 1.29 is 22.4 Å². The molecule has 0 amide bonds. The summed E-state index contributed by atoms with van der Waals surface area (Å²) in [6.45, 7) is 3.79. The summed E-state index contributed by atoms with van der Waals surface area (Å²) in [5.41, 5.74) is 2.95. The van der Waals surface area contributed by atoms with E-state index in [-0.39, 0.29) is 17.2 Å². The van der Waals surface area contributed by atoms with Crippen LogP contribution in [0.15, 0.2) is 51.9 Å². The first-order valence-corrected chi connectivity index (χ1v) is 10.1. The van der Waals surface area contributed by atoms with Crippen molar-refractivity contribution in [3.05, 3.63) is 59.3 Å². The number of nitrogens with one attached hydrogen (secondary N) is 1. The second-order valence-corrected chi connectivity index (χ2v) is 7.96. The van der Waals surface area contributed by atoms with Crippen LogP contribution in [-0.2, 0) is 16.6 Å². The molecule has 2 aromatic carbocycles. The Bertz CT molecular complexity index is 1090. The van der Waals surface area contributed by atoms with E-state index in [0.717, 1.165) is 16.8 Å². The van der Waals surface area contributed by atoms with Crippen LogP contribution in [0.1, 0.15) is 16.8 Å². The van der Waals surface area contributed by atoms with Gasteiger partial charge >= 0.3 is 0 Å². The minimum atomic E-state index is -3.86. The normalized spacial score (nSPS) is 11.4. The summed E-state index contributed by atoms with van der Waals surface area (Å²) in [5, 5.41) is 3.94. The SMILES string of the molecule is COc1ccccc1CNS(=O)(=O)c1cc(-c2onc(C)c2C)ccc1OC. The number of aromatic nitrogens is 1. The first kappa shape index (κ1) is 19.9. The van der Waals surface area contributed by atoms with Crippen molar-refractivity contribution in [2.75, 3.05) is 14.2 Å². The van der Waals surface area contributed by atoms with Crippen molar-refractivity contribution >= 4 is 10.0 Å². The zero-order valence-corrected chi connectivity index (χ0v) is 17.0. The van der Waals surface area contributed by atoms with Crippen molar-refractivity contribution in [2.24, 2.45) is 0 Å². The maximum atomic E-state index is 13.0. The zero-order valence-electron chi connectivity index (χ0n) is 16.1. The molecule has 8 heteroatoms. The third kappa shape index (κ3) is 3.88. The molecule has 1 N–H and O–H groups in total. The largest absolute Gasteiger partial charge is 0.496 e. The molecule has 0 aliphatic carbocycles. The smallest absolute Gasteiger partial charge is 0.244 e. The van der Waals surface area contributed by atoms with Crippen LogP contribution in [-0.4, -0.2) is 27.8 Å². The van der Waals surface area contributed by atoms with Gasteiger partial charge in [-0.3, -0.25) is 0 Å². The number of nitrogens with zero attached hydrogens (tertiary/aromatic N) is 1. The third-order valence-electron chi connectivity index (χ3n) is 4.52. The summed E-state index contributed by atoms with van der Waals surface area (Å²) in [4.78, 5) is 0.0239. The summed E-state index contributed by atoms with van der Waals surface area (Å²) in [7, 11) is -0.884. The molecule has 3 aromatic rings. The lowest BCUT2D eigenvalue weighted by molar-refractivity contribution is 0.401. The second-order valence-electron chi connectivity index (χ2n) is 6.22. The van der Waals surface area contributed by atoms with Gasteiger partial charge in [-0.2, -0.15) is 0 Å². The maximum absolute atomic E-state index is 13.0. The van der Waals surface area contributed by atoms with E-state index in [0.29, 0.717) is 17.1 Å². The van der Waals surface area contributed by atoms with Crippen LogP contribution >= 0.6 is 0 Å². The Balaban J connectivity index is 1.96. The summed E-state index contributed by atoms with van der Waals surface area (Å²) in [6.07, 6.45) is 0. The van der Waals surface area contributed by atoms with Crippen LogP contribution in [0.25, 0.3) is 11.3 Å². The second kappa shape index (κ2) is 8.04. The Morgan fingerprint density at radius 3 is 2.39 bits per heavy atom. The number of hydrogen-bond donors (Lipinski definition) is 1. The van der Waals surface area contributed by atoms with Gasteiger partial charge in [0.05, 0.1) is 19.9 Å². The number of aryl methyl sites for hydroxylation is 1. The van der Waals surface area contributed by atoms with Gasteiger partial charge in [0.15, 0.2) is 5.76 Å². The molecule has 1 aromatic heterocycles. The molecule has 0 aliphatic rings. The molecule has 3 rings (SSSR count). The van der Waals surface area contributed by atoms with Gasteiger partial charge in [-0.1, -0.05) is 23.4 Å². The summed E-state index contributed by atoms with van der Waals surface area (Å²) < 4.78 is 44.5. The minimum Gasteiger partial charge on any atom is -0.496 e. The fraction of sp³-hybridized carbons (Fsp3) is 0.250. The fourth-order valence-corrected chi connectivity index (χ4v) is 4.01. The number of ether oxygens (including phenoxy) is 2. The molecule has 0 fully saturated rings. The van der Waals surface area contributed by atoms with Gasteiger partial charge in [-0.25, -0.2) is 13.1 Å². The van der Waals surface area contributed by atoms with Gasteiger partial charge in [-0.15, -0.1) is 0 Å². The van der Waals surface area contributed by atoms with E-state index < -0.39 is 10.0 Å². The van der Waals surface area contributed by atoms with E-state index >= 15 is 0 Å². The molecule has 0 saturated carbocycles. The van der Waals surface area contributed by atoms with E-state index in [9.17, 15) is 8.42 Å². The third-order valence-corrected chi connectivity index (χ3v) is 5.94. The maximum Gasteiger partial charge on any atom is 0.244 e. The Hall–Kier alpha value is -2.84. The predicted octanol–water partition coefficient (Wildman–Crippen LogP) is 3.45. The van der Waals surface area contributed by atoms with Crippen LogP contribution in [0.2, 0.25) is 0 Å². The average molecular weight is 402 g/mol. The molecule has 0 spiro atoms. The highest BCUT2D eigenvalue weighted by atomic mass is 32.2. The van der Waals surface area contributed by atoms with Gasteiger partial charge in [0.2, 0.25) is 10.0 Å². The lowest BCUT2D eigenvalue weighted by atomic mass is 10.1. The molecule has 1 heterocycles. The summed E-state index contributed by atoms with van der Waals surface area (Å²) in [6, 6.07) is 12.1. The Kier molecular flexibility index (Phi) is 5.71. The van der Waals surface area contributed by atoms with E-state index in [1.165, 1.54) is 13.2 Å². The van der Waals surface area contributed by atoms with Gasteiger partial charge in [0, 0.05) is 23.2 Å². The standard InChI is InChI=1S/C20H22N2O5S/c1-13-14(2)22-27-20(13)15-9-10-18(26-4)19(11-15)28(23,24)21-12-16-7-5-6-8-17(16)25-3/h5-11,21H,12H2,1-4H3. The topological polar surface area (TPSA) is 90.7 Å². The molecule has 0 saturated heterocycles. The highest BCUT2D eigenvalue weighted by Gasteiger charge is 2.22. The van der Waals surface area contributed by atoms with E-state index in [1.54, 1.807) is 31.4 Å². The first-order chi connectivity index (χ1) is 13.4. The Morgan fingerprint density at radius 1 is 1.04 bits per heavy atom. The van der Waals surface area contributed by atoms with Crippen molar-refractivity contribution in [1.82, 2.24) is 9.88 Å². The predicted molar refractivity (Wildman–Crippen MR) is 105 cm³/mol. The van der Waals surface area contributed by atoms with Crippen LogP contribution in [0.3, 0.4) is 0 Å². The van der Waals surface area contributed by atoms with E-state index in [2.05, 4.69) is 9.88 Å². The van der Waals surface area contributed by atoms with Crippen molar-refractivity contribution in [3.8, 4) is 22.8 Å². The van der Waals surface area contributed by atoms with E-state index in [1.807, 2.05) is 26.0 Å². The fourth-order valence-electron chi connectivity index (χ4n) is 2.81. The monoisotopic (exact) mass is 402 g/mol. The van der Waals surface area contributed by atoms with Crippen LogP contribution < -0.4 is 14.2 Å². The molecular formula is C20H22N2O5S. The van der Waals surface area contributed by atoms with Crippen molar-refractivity contribution in [3.63, 3.8) is 0 Å². The number of methoxy groups -OCH3 is 2. The lowest BCUT2D eigenvalue weighted by Crippen LogP contribution is -2.24.